The molecule has 6 nitrogen and oxygen atoms in total. The summed E-state index contributed by atoms with van der Waals surface area (Å²) in [5, 5.41) is 13.3. The first-order valence-corrected chi connectivity index (χ1v) is 12.3. The zero-order valence-electron chi connectivity index (χ0n) is 21.3. The van der Waals surface area contributed by atoms with Crippen LogP contribution < -0.4 is 15.6 Å². The van der Waals surface area contributed by atoms with Gasteiger partial charge in [0.25, 0.3) is 0 Å². The van der Waals surface area contributed by atoms with Gasteiger partial charge in [-0.3, -0.25) is 4.79 Å². The summed E-state index contributed by atoms with van der Waals surface area (Å²) in [6, 6.07) is 16.9. The molecule has 0 saturated carbocycles. The first-order chi connectivity index (χ1) is 17.6. The molecule has 0 spiro atoms. The molecule has 1 aliphatic heterocycles. The SMILES string of the molecule is Cc1cc([C@@H](C)Nc2ccccc2C(=O)O)c2oc(N3CC(C)(c4ccccc4F)C3)c(C)c(=O)c2c1. The Bertz CT molecular complexity index is 1590. The molecule has 37 heavy (non-hydrogen) atoms. The highest BCUT2D eigenvalue weighted by molar-refractivity contribution is 5.94. The summed E-state index contributed by atoms with van der Waals surface area (Å²) in [5.74, 6) is -0.778. The molecule has 2 N–H and O–H groups in total. The minimum atomic E-state index is -1.02. The number of aryl methyl sites for hydroxylation is 1. The van der Waals surface area contributed by atoms with E-state index in [2.05, 4.69) is 5.32 Å². The first-order valence-electron chi connectivity index (χ1n) is 12.3. The van der Waals surface area contributed by atoms with E-state index in [1.54, 1.807) is 43.3 Å². The highest BCUT2D eigenvalue weighted by Crippen LogP contribution is 2.40. The lowest BCUT2D eigenvalue weighted by Gasteiger charge is -2.49. The summed E-state index contributed by atoms with van der Waals surface area (Å²) in [6.45, 7) is 8.63. The van der Waals surface area contributed by atoms with Gasteiger partial charge in [-0.25, -0.2) is 9.18 Å². The van der Waals surface area contributed by atoms with Gasteiger partial charge in [0.05, 0.1) is 22.6 Å². The Labute approximate surface area is 214 Å². The maximum Gasteiger partial charge on any atom is 0.337 e. The number of fused-ring (bicyclic) bond motifs is 1. The van der Waals surface area contributed by atoms with Crippen LogP contribution in [0.4, 0.5) is 16.0 Å². The van der Waals surface area contributed by atoms with Crippen molar-refractivity contribution in [1.29, 1.82) is 0 Å². The molecule has 190 valence electrons. The van der Waals surface area contributed by atoms with E-state index in [1.165, 1.54) is 6.07 Å². The predicted octanol–water partition coefficient (Wildman–Crippen LogP) is 6.20. The molecule has 1 atom stereocenters. The molecule has 0 bridgehead atoms. The average molecular weight is 501 g/mol. The average Bonchev–Trinajstić information content (AvgIpc) is 2.84. The van der Waals surface area contributed by atoms with E-state index in [4.69, 9.17) is 4.42 Å². The summed E-state index contributed by atoms with van der Waals surface area (Å²) < 4.78 is 20.9. The second kappa shape index (κ2) is 9.07. The van der Waals surface area contributed by atoms with Gasteiger partial charge in [0.15, 0.2) is 5.43 Å². The van der Waals surface area contributed by atoms with Crippen LogP contribution >= 0.6 is 0 Å². The topological polar surface area (TPSA) is 82.8 Å². The molecule has 0 aliphatic carbocycles. The van der Waals surface area contributed by atoms with Gasteiger partial charge < -0.3 is 19.7 Å². The number of para-hydroxylation sites is 1. The minimum absolute atomic E-state index is 0.112. The first kappa shape index (κ1) is 24.6. The normalized spacial score (nSPS) is 15.3. The van der Waals surface area contributed by atoms with Gasteiger partial charge in [0, 0.05) is 29.8 Å². The van der Waals surface area contributed by atoms with E-state index in [1.807, 2.05) is 43.9 Å². The van der Waals surface area contributed by atoms with Crippen molar-refractivity contribution < 1.29 is 18.7 Å². The molecule has 1 fully saturated rings. The van der Waals surface area contributed by atoms with Crippen LogP contribution in [-0.4, -0.2) is 24.2 Å². The van der Waals surface area contributed by atoms with Gasteiger partial charge >= 0.3 is 5.97 Å². The molecule has 0 amide bonds. The van der Waals surface area contributed by atoms with Crippen molar-refractivity contribution in [2.45, 2.75) is 39.2 Å². The molecule has 3 aromatic carbocycles. The largest absolute Gasteiger partial charge is 0.478 e. The molecular formula is C30H29FN2O4. The summed E-state index contributed by atoms with van der Waals surface area (Å²) in [5.41, 5.74) is 3.42. The monoisotopic (exact) mass is 500 g/mol. The molecule has 0 unspecified atom stereocenters. The van der Waals surface area contributed by atoms with Crippen LogP contribution in [0.1, 0.15) is 52.5 Å². The van der Waals surface area contributed by atoms with E-state index in [0.717, 1.165) is 11.1 Å². The third kappa shape index (κ3) is 4.24. The van der Waals surface area contributed by atoms with Crippen LogP contribution in [0.3, 0.4) is 0 Å². The van der Waals surface area contributed by atoms with Gasteiger partial charge in [0.2, 0.25) is 5.88 Å². The van der Waals surface area contributed by atoms with Crippen LogP contribution in [0.5, 0.6) is 0 Å². The number of aromatic carboxylic acids is 1. The number of rotatable bonds is 6. The number of hydrogen-bond donors (Lipinski definition) is 2. The molecule has 2 heterocycles. The Morgan fingerprint density at radius 2 is 1.78 bits per heavy atom. The van der Waals surface area contributed by atoms with Crippen molar-refractivity contribution in [3.8, 4) is 0 Å². The molecule has 1 saturated heterocycles. The lowest BCUT2D eigenvalue weighted by atomic mass is 9.75. The Kier molecular flexibility index (Phi) is 6.02. The highest BCUT2D eigenvalue weighted by atomic mass is 19.1. The molecule has 0 radical (unpaired) electrons. The number of carboxylic acids is 1. The van der Waals surface area contributed by atoms with Crippen molar-refractivity contribution in [3.63, 3.8) is 0 Å². The molecule has 5 rings (SSSR count). The van der Waals surface area contributed by atoms with Gasteiger partial charge in [0.1, 0.15) is 11.4 Å². The third-order valence-corrected chi connectivity index (χ3v) is 7.25. The van der Waals surface area contributed by atoms with Gasteiger partial charge in [-0.05, 0) is 56.2 Å². The number of nitrogens with zero attached hydrogens (tertiary/aromatic N) is 1. The second-order valence-electron chi connectivity index (χ2n) is 10.2. The second-order valence-corrected chi connectivity index (χ2v) is 10.2. The minimum Gasteiger partial charge on any atom is -0.478 e. The number of carboxylic acid groups (broad SMARTS) is 1. The van der Waals surface area contributed by atoms with Crippen LogP contribution in [0.25, 0.3) is 11.0 Å². The fourth-order valence-corrected chi connectivity index (χ4v) is 5.35. The van der Waals surface area contributed by atoms with Crippen molar-refractivity contribution in [3.05, 3.63) is 105 Å². The maximum absolute atomic E-state index is 14.5. The molecule has 7 heteroatoms. The van der Waals surface area contributed by atoms with Crippen molar-refractivity contribution in [2.75, 3.05) is 23.3 Å². The Hall–Kier alpha value is -4.13. The molecule has 1 aromatic heterocycles. The summed E-state index contributed by atoms with van der Waals surface area (Å²) in [6.07, 6.45) is 0. The standard InChI is InChI=1S/C30H29FN2O4/c1-17-13-21(19(3)32-25-12-8-5-9-20(25)29(35)36)27-22(14-17)26(34)18(2)28(37-27)33-15-30(4,16-33)23-10-6-7-11-24(23)31/h5-14,19,32H,15-16H2,1-4H3,(H,35,36)/t19-/m1/s1. The van der Waals surface area contributed by atoms with Crippen LogP contribution in [0.2, 0.25) is 0 Å². The predicted molar refractivity (Wildman–Crippen MR) is 143 cm³/mol. The smallest absolute Gasteiger partial charge is 0.337 e. The van der Waals surface area contributed by atoms with Crippen molar-refractivity contribution >= 4 is 28.5 Å². The van der Waals surface area contributed by atoms with Gasteiger partial charge in [-0.2, -0.15) is 0 Å². The molecule has 1 aliphatic rings. The number of carbonyl (C=O) groups is 1. The summed E-state index contributed by atoms with van der Waals surface area (Å²) in [4.78, 5) is 27.1. The third-order valence-electron chi connectivity index (χ3n) is 7.25. The van der Waals surface area contributed by atoms with Crippen LogP contribution in [-0.2, 0) is 5.41 Å². The van der Waals surface area contributed by atoms with Crippen LogP contribution in [0.15, 0.2) is 69.9 Å². The Morgan fingerprint density at radius 1 is 1.11 bits per heavy atom. The lowest BCUT2D eigenvalue weighted by molar-refractivity contribution is 0.0698. The zero-order valence-corrected chi connectivity index (χ0v) is 21.3. The number of nitrogens with one attached hydrogen (secondary N) is 1. The highest BCUT2D eigenvalue weighted by Gasteiger charge is 2.43. The number of halogens is 1. The number of anilines is 2. The fourth-order valence-electron chi connectivity index (χ4n) is 5.35. The quantitative estimate of drug-likeness (QED) is 0.328. The van der Waals surface area contributed by atoms with E-state index in [9.17, 15) is 19.1 Å². The Morgan fingerprint density at radius 3 is 2.49 bits per heavy atom. The van der Waals surface area contributed by atoms with E-state index in [0.29, 0.717) is 46.8 Å². The number of benzene rings is 3. The maximum atomic E-state index is 14.5. The van der Waals surface area contributed by atoms with Crippen LogP contribution in [0, 0.1) is 19.7 Å². The summed E-state index contributed by atoms with van der Waals surface area (Å²) >= 11 is 0. The van der Waals surface area contributed by atoms with Gasteiger partial charge in [-0.1, -0.05) is 43.3 Å². The van der Waals surface area contributed by atoms with Gasteiger partial charge in [-0.15, -0.1) is 0 Å². The number of hydrogen-bond acceptors (Lipinski definition) is 5. The molecular weight excluding hydrogens is 471 g/mol. The fraction of sp³-hybridized carbons (Fsp3) is 0.267. The van der Waals surface area contributed by atoms with E-state index >= 15 is 0 Å². The van der Waals surface area contributed by atoms with Crippen molar-refractivity contribution in [2.24, 2.45) is 0 Å². The lowest BCUT2D eigenvalue weighted by Crippen LogP contribution is -2.58. The summed E-state index contributed by atoms with van der Waals surface area (Å²) in [7, 11) is 0. The molecule has 4 aromatic rings. The zero-order chi connectivity index (χ0) is 26.5. The van der Waals surface area contributed by atoms with Crippen molar-refractivity contribution in [1.82, 2.24) is 0 Å². The van der Waals surface area contributed by atoms with E-state index < -0.39 is 11.4 Å². The Balaban J connectivity index is 1.54. The van der Waals surface area contributed by atoms with E-state index in [-0.39, 0.29) is 22.9 Å².